The summed E-state index contributed by atoms with van der Waals surface area (Å²) in [7, 11) is 5.83. The number of anilines is 1. The minimum Gasteiger partial charge on any atom is -0.493 e. The number of carbonyl (C=O) groups is 2. The fourth-order valence-corrected chi connectivity index (χ4v) is 3.03. The number of methoxy groups -OCH3 is 4. The van der Waals surface area contributed by atoms with Gasteiger partial charge in [0.15, 0.2) is 11.5 Å². The van der Waals surface area contributed by atoms with Gasteiger partial charge in [-0.15, -0.1) is 0 Å². The van der Waals surface area contributed by atoms with E-state index < -0.39 is 18.0 Å². The summed E-state index contributed by atoms with van der Waals surface area (Å²) in [5, 5.41) is 6.74. The van der Waals surface area contributed by atoms with E-state index in [1.807, 2.05) is 0 Å². The molecule has 158 valence electrons. The molecule has 1 atom stereocenters. The summed E-state index contributed by atoms with van der Waals surface area (Å²) in [6, 6.07) is 10.0. The Morgan fingerprint density at radius 3 is 2.30 bits per heavy atom. The molecule has 0 aromatic heterocycles. The van der Waals surface area contributed by atoms with Crippen molar-refractivity contribution in [3.8, 4) is 17.2 Å². The number of nitrogens with one attached hydrogen (secondary N) is 1. The number of hydrogen-bond acceptors (Lipinski definition) is 8. The lowest BCUT2D eigenvalue weighted by Gasteiger charge is -2.14. The number of nitrogens with zero attached hydrogens (tertiary/aromatic N) is 1. The Kier molecular flexibility index (Phi) is 6.41. The van der Waals surface area contributed by atoms with Crippen LogP contribution in [0.2, 0.25) is 0 Å². The molecule has 9 nitrogen and oxygen atoms in total. The largest absolute Gasteiger partial charge is 0.493 e. The lowest BCUT2D eigenvalue weighted by molar-refractivity contribution is -0.125. The highest BCUT2D eigenvalue weighted by atomic mass is 16.6. The summed E-state index contributed by atoms with van der Waals surface area (Å²) < 4.78 is 20.8. The second-order valence-corrected chi connectivity index (χ2v) is 6.28. The maximum absolute atomic E-state index is 12.7. The van der Waals surface area contributed by atoms with E-state index in [2.05, 4.69) is 10.5 Å². The van der Waals surface area contributed by atoms with E-state index in [4.69, 9.17) is 23.8 Å². The van der Waals surface area contributed by atoms with Gasteiger partial charge in [0.2, 0.25) is 11.9 Å². The van der Waals surface area contributed by atoms with Crippen LogP contribution in [0.1, 0.15) is 22.3 Å². The zero-order chi connectivity index (χ0) is 21.7. The first kappa shape index (κ1) is 21.0. The molecule has 0 spiro atoms. The highest BCUT2D eigenvalue weighted by molar-refractivity contribution is 6.08. The summed E-state index contributed by atoms with van der Waals surface area (Å²) in [5.74, 6) is 0.408. The molecule has 1 unspecified atom stereocenters. The van der Waals surface area contributed by atoms with Gasteiger partial charge in [-0.3, -0.25) is 4.79 Å². The molecule has 0 radical (unpaired) electrons. The standard InChI is InChI=1S/C21H22N2O7/c1-26-16-9-12(10-17(27-2)19(16)28-3)15-11-18(30-23-15)20(24)22-14-8-6-5-7-13(14)21(25)29-4/h5-10,18H,11H2,1-4H3,(H,22,24). The van der Waals surface area contributed by atoms with Gasteiger partial charge >= 0.3 is 5.97 Å². The van der Waals surface area contributed by atoms with Crippen molar-refractivity contribution >= 4 is 23.3 Å². The van der Waals surface area contributed by atoms with Crippen LogP contribution < -0.4 is 19.5 Å². The van der Waals surface area contributed by atoms with Crippen molar-refractivity contribution in [1.82, 2.24) is 0 Å². The molecular formula is C21H22N2O7. The molecule has 2 aromatic carbocycles. The minimum absolute atomic E-state index is 0.227. The number of carbonyl (C=O) groups excluding carboxylic acids is 2. The Labute approximate surface area is 173 Å². The molecular weight excluding hydrogens is 392 g/mol. The van der Waals surface area contributed by atoms with Crippen LogP contribution in [0.25, 0.3) is 0 Å². The SMILES string of the molecule is COC(=O)c1ccccc1NC(=O)C1CC(c2cc(OC)c(OC)c(OC)c2)=NO1. The molecule has 0 saturated carbocycles. The molecule has 3 rings (SSSR count). The first-order valence-electron chi connectivity index (χ1n) is 9.03. The third kappa shape index (κ3) is 4.14. The number of benzene rings is 2. The number of esters is 1. The zero-order valence-electron chi connectivity index (χ0n) is 17.1. The molecule has 1 amide bonds. The fraction of sp³-hybridized carbons (Fsp3) is 0.286. The molecule has 1 heterocycles. The molecule has 1 aliphatic rings. The third-order valence-electron chi connectivity index (χ3n) is 4.55. The van der Waals surface area contributed by atoms with Gasteiger partial charge in [0, 0.05) is 12.0 Å². The minimum atomic E-state index is -0.857. The van der Waals surface area contributed by atoms with Crippen molar-refractivity contribution < 1.29 is 33.4 Å². The van der Waals surface area contributed by atoms with E-state index in [9.17, 15) is 9.59 Å². The van der Waals surface area contributed by atoms with E-state index >= 15 is 0 Å². The van der Waals surface area contributed by atoms with E-state index in [-0.39, 0.29) is 12.0 Å². The summed E-state index contributed by atoms with van der Waals surface area (Å²) in [4.78, 5) is 29.9. The van der Waals surface area contributed by atoms with E-state index in [1.54, 1.807) is 36.4 Å². The first-order chi connectivity index (χ1) is 14.5. The number of oxime groups is 1. The molecule has 1 aliphatic heterocycles. The van der Waals surface area contributed by atoms with E-state index in [0.717, 1.165) is 0 Å². The molecule has 0 saturated heterocycles. The van der Waals surface area contributed by atoms with Gasteiger partial charge in [-0.25, -0.2) is 4.79 Å². The number of rotatable bonds is 7. The summed E-state index contributed by atoms with van der Waals surface area (Å²) in [6.45, 7) is 0. The second kappa shape index (κ2) is 9.17. The Morgan fingerprint density at radius 2 is 1.70 bits per heavy atom. The summed E-state index contributed by atoms with van der Waals surface area (Å²) in [6.07, 6.45) is -0.630. The van der Waals surface area contributed by atoms with E-state index in [0.29, 0.717) is 34.2 Å². The van der Waals surface area contributed by atoms with Gasteiger partial charge in [-0.1, -0.05) is 17.3 Å². The molecule has 30 heavy (non-hydrogen) atoms. The predicted octanol–water partition coefficient (Wildman–Crippen LogP) is 2.63. The van der Waals surface area contributed by atoms with Crippen LogP contribution >= 0.6 is 0 Å². The Bertz CT molecular complexity index is 962. The van der Waals surface area contributed by atoms with Crippen molar-refractivity contribution in [3.05, 3.63) is 47.5 Å². The average Bonchev–Trinajstić information content (AvgIpc) is 3.28. The average molecular weight is 414 g/mol. The topological polar surface area (TPSA) is 105 Å². The van der Waals surface area contributed by atoms with Crippen molar-refractivity contribution in [1.29, 1.82) is 0 Å². The van der Waals surface area contributed by atoms with Gasteiger partial charge < -0.3 is 29.1 Å². The van der Waals surface area contributed by atoms with Crippen molar-refractivity contribution in [3.63, 3.8) is 0 Å². The number of amides is 1. The van der Waals surface area contributed by atoms with Crippen LogP contribution in [0.3, 0.4) is 0 Å². The van der Waals surface area contributed by atoms with Crippen LogP contribution in [0.4, 0.5) is 5.69 Å². The Morgan fingerprint density at radius 1 is 1.03 bits per heavy atom. The Hall–Kier alpha value is -3.75. The molecule has 0 aliphatic carbocycles. The third-order valence-corrected chi connectivity index (χ3v) is 4.55. The summed E-state index contributed by atoms with van der Waals surface area (Å²) >= 11 is 0. The van der Waals surface area contributed by atoms with Crippen LogP contribution in [0, 0.1) is 0 Å². The van der Waals surface area contributed by atoms with Gasteiger partial charge in [0.05, 0.1) is 45.4 Å². The van der Waals surface area contributed by atoms with Crippen LogP contribution in [0.15, 0.2) is 41.6 Å². The first-order valence-corrected chi connectivity index (χ1v) is 9.03. The fourth-order valence-electron chi connectivity index (χ4n) is 3.03. The van der Waals surface area contributed by atoms with Gasteiger partial charge in [-0.2, -0.15) is 0 Å². The predicted molar refractivity (Wildman–Crippen MR) is 109 cm³/mol. The Balaban J connectivity index is 1.76. The smallest absolute Gasteiger partial charge is 0.339 e. The van der Waals surface area contributed by atoms with Crippen LogP contribution in [-0.2, 0) is 14.4 Å². The normalized spacial score (nSPS) is 14.9. The quantitative estimate of drug-likeness (QED) is 0.695. The van der Waals surface area contributed by atoms with Crippen LogP contribution in [-0.4, -0.2) is 52.1 Å². The molecule has 0 fully saturated rings. The monoisotopic (exact) mass is 414 g/mol. The summed E-state index contributed by atoms with van der Waals surface area (Å²) in [5.41, 5.74) is 1.81. The second-order valence-electron chi connectivity index (χ2n) is 6.28. The molecule has 1 N–H and O–H groups in total. The highest BCUT2D eigenvalue weighted by Crippen LogP contribution is 2.39. The maximum atomic E-state index is 12.7. The number of ether oxygens (including phenoxy) is 4. The maximum Gasteiger partial charge on any atom is 0.339 e. The number of para-hydroxylation sites is 1. The molecule has 9 heteroatoms. The highest BCUT2D eigenvalue weighted by Gasteiger charge is 2.31. The number of hydrogen-bond donors (Lipinski definition) is 1. The van der Waals surface area contributed by atoms with Gasteiger partial charge in [0.25, 0.3) is 5.91 Å². The lowest BCUT2D eigenvalue weighted by atomic mass is 10.0. The van der Waals surface area contributed by atoms with Gasteiger partial charge in [0.1, 0.15) is 0 Å². The van der Waals surface area contributed by atoms with Crippen molar-refractivity contribution in [2.45, 2.75) is 12.5 Å². The zero-order valence-corrected chi connectivity index (χ0v) is 17.1. The van der Waals surface area contributed by atoms with Gasteiger partial charge in [-0.05, 0) is 24.3 Å². The van der Waals surface area contributed by atoms with Crippen LogP contribution in [0.5, 0.6) is 17.2 Å². The van der Waals surface area contributed by atoms with Crippen molar-refractivity contribution in [2.24, 2.45) is 5.16 Å². The molecule has 2 aromatic rings. The lowest BCUT2D eigenvalue weighted by Crippen LogP contribution is -2.28. The van der Waals surface area contributed by atoms with E-state index in [1.165, 1.54) is 28.4 Å². The van der Waals surface area contributed by atoms with Crippen molar-refractivity contribution in [2.75, 3.05) is 33.8 Å². The molecule has 0 bridgehead atoms.